The molecule has 0 N–H and O–H groups in total. The molecule has 3 heterocycles. The van der Waals surface area contributed by atoms with E-state index in [9.17, 15) is 0 Å². The molecule has 0 amide bonds. The van der Waals surface area contributed by atoms with E-state index < -0.39 is 13.3 Å². The Kier molecular flexibility index (Phi) is 14.7. The second-order valence-electron chi connectivity index (χ2n) is 21.8. The maximum Gasteiger partial charge on any atom is 0.0774 e. The van der Waals surface area contributed by atoms with Crippen LogP contribution >= 0.6 is 0 Å². The van der Waals surface area contributed by atoms with E-state index in [0.717, 1.165) is 62.0 Å². The molecule has 0 aliphatic carbocycles. The van der Waals surface area contributed by atoms with Crippen LogP contribution in [0.25, 0.3) is 94.0 Å². The van der Waals surface area contributed by atoms with Crippen molar-refractivity contribution in [3.05, 3.63) is 192 Å². The summed E-state index contributed by atoms with van der Waals surface area (Å²) in [6.45, 7) is 18.2. The fraction of sp³-hybridized carbons (Fsp3) is 0.242. The average molecular weight is 1180 g/mol. The van der Waals surface area contributed by atoms with Crippen molar-refractivity contribution in [1.82, 2.24) is 14.5 Å². The largest absolute Gasteiger partial charge is 0.333 e. The molecule has 0 spiro atoms. The van der Waals surface area contributed by atoms with Gasteiger partial charge in [0.25, 0.3) is 0 Å². The monoisotopic (exact) mass is 1180 g/mol. The van der Waals surface area contributed by atoms with Crippen LogP contribution in [0.2, 0.25) is 17.3 Å². The molecule has 365 valence electrons. The topological polar surface area (TPSA) is 43.9 Å². The Morgan fingerprint density at radius 1 is 0.611 bits per heavy atom. The van der Waals surface area contributed by atoms with Crippen LogP contribution in [0.5, 0.6) is 0 Å². The van der Waals surface area contributed by atoms with Gasteiger partial charge in [-0.3, -0.25) is 4.98 Å². The second kappa shape index (κ2) is 20.8. The predicted molar refractivity (Wildman–Crippen MR) is 305 cm³/mol. The van der Waals surface area contributed by atoms with E-state index in [0.29, 0.717) is 23.7 Å². The molecule has 0 atom stereocenters. The van der Waals surface area contributed by atoms with Crippen LogP contribution in [0.4, 0.5) is 0 Å². The minimum atomic E-state index is -2.00. The Balaban J connectivity index is 0.000000184. The van der Waals surface area contributed by atoms with Crippen molar-refractivity contribution in [1.29, 1.82) is 0 Å². The van der Waals surface area contributed by atoms with Crippen LogP contribution in [0.15, 0.2) is 162 Å². The van der Waals surface area contributed by atoms with E-state index in [1.54, 1.807) is 0 Å². The summed E-state index contributed by atoms with van der Waals surface area (Å²) < 4.78 is 10.3. The standard InChI is InChI=1S/C39H33N2.C27H32GeNO.Ir/c1-25(2)34-23-31(27-12-6-5-7-13-27)24-35(26(3)4)38(34)41-37-17-11-10-16-36(37)40-39(41)30-20-21-33-29(22-30)19-18-28-14-8-9-15-32(28)33;1-17(2)13-20-14-25(29-16-24(20)28(5,6)7)23-10-8-9-22-21-12-11-19(18(3)4)15-26(21)30-27(22)23;/h5-19,21-26H,1-4H3;8-9,11-12,14-18H,13H2,1-7H3;/q2*-1;. The summed E-state index contributed by atoms with van der Waals surface area (Å²) >= 11 is -2.00. The molecule has 4 nitrogen and oxygen atoms in total. The van der Waals surface area contributed by atoms with Crippen LogP contribution in [-0.4, -0.2) is 27.8 Å². The number of nitrogens with zero attached hydrogens (tertiary/aromatic N) is 3. The third kappa shape index (κ3) is 9.89. The van der Waals surface area contributed by atoms with Gasteiger partial charge in [0, 0.05) is 25.8 Å². The van der Waals surface area contributed by atoms with Crippen LogP contribution in [0, 0.1) is 18.1 Å². The summed E-state index contributed by atoms with van der Waals surface area (Å²) in [5.74, 6) is 10.0. The zero-order valence-corrected chi connectivity index (χ0v) is 48.1. The second-order valence-corrected chi connectivity index (χ2v) is 32.3. The molecular weight excluding hydrogens is 1120 g/mol. The van der Waals surface area contributed by atoms with Gasteiger partial charge in [0.1, 0.15) is 0 Å². The first-order chi connectivity index (χ1) is 34.1. The molecule has 72 heavy (non-hydrogen) atoms. The minimum absolute atomic E-state index is 0. The Morgan fingerprint density at radius 3 is 2.01 bits per heavy atom. The number of hydrogen-bond acceptors (Lipinski definition) is 3. The number of aromatic nitrogens is 3. The van der Waals surface area contributed by atoms with Gasteiger partial charge in [0.05, 0.1) is 16.9 Å². The van der Waals surface area contributed by atoms with E-state index in [-0.39, 0.29) is 20.1 Å². The third-order valence-electron chi connectivity index (χ3n) is 14.0. The van der Waals surface area contributed by atoms with Crippen molar-refractivity contribution >= 4 is 72.2 Å². The summed E-state index contributed by atoms with van der Waals surface area (Å²) in [5.41, 5.74) is 16.0. The summed E-state index contributed by atoms with van der Waals surface area (Å²) in [5, 5.41) is 7.21. The molecule has 0 aliphatic heterocycles. The normalized spacial score (nSPS) is 12.0. The predicted octanol–water partition coefficient (Wildman–Crippen LogP) is 18.0. The zero-order chi connectivity index (χ0) is 49.7. The first-order valence-electron chi connectivity index (χ1n) is 25.6. The molecular formula is C66H65GeIrN3O-2. The number of rotatable bonds is 10. The van der Waals surface area contributed by atoms with Crippen molar-refractivity contribution in [2.75, 3.05) is 0 Å². The van der Waals surface area contributed by atoms with Gasteiger partial charge < -0.3 is 4.57 Å². The van der Waals surface area contributed by atoms with E-state index in [1.165, 1.54) is 65.0 Å². The van der Waals surface area contributed by atoms with Crippen molar-refractivity contribution in [3.63, 3.8) is 0 Å². The molecule has 3 aromatic heterocycles. The van der Waals surface area contributed by atoms with Crippen molar-refractivity contribution in [2.24, 2.45) is 5.92 Å². The van der Waals surface area contributed by atoms with Gasteiger partial charge in [-0.15, -0.1) is 29.1 Å². The molecule has 0 saturated heterocycles. The Hall–Kier alpha value is -6.11. The number of benzene rings is 8. The molecule has 8 aromatic carbocycles. The number of furan rings is 1. The van der Waals surface area contributed by atoms with Crippen LogP contribution < -0.4 is 4.40 Å². The quantitative estimate of drug-likeness (QED) is 0.0779. The zero-order valence-electron chi connectivity index (χ0n) is 43.6. The summed E-state index contributed by atoms with van der Waals surface area (Å²) in [7, 11) is 0. The van der Waals surface area contributed by atoms with Crippen molar-refractivity contribution in [2.45, 2.75) is 96.8 Å². The number of para-hydroxylation sites is 2. The van der Waals surface area contributed by atoms with E-state index in [4.69, 9.17) is 14.4 Å². The van der Waals surface area contributed by atoms with Crippen LogP contribution in [0.3, 0.4) is 0 Å². The van der Waals surface area contributed by atoms with Gasteiger partial charge in [0.2, 0.25) is 0 Å². The van der Waals surface area contributed by atoms with Gasteiger partial charge in [0.15, 0.2) is 0 Å². The molecule has 0 bridgehead atoms. The number of fused-ring (bicyclic) bond motifs is 7. The maximum atomic E-state index is 6.39. The maximum absolute atomic E-state index is 6.39. The molecule has 0 unspecified atom stereocenters. The van der Waals surface area contributed by atoms with Gasteiger partial charge >= 0.3 is 183 Å². The summed E-state index contributed by atoms with van der Waals surface area (Å²) in [6.07, 6.45) is 3.22. The van der Waals surface area contributed by atoms with Gasteiger partial charge in [-0.1, -0.05) is 117 Å². The Morgan fingerprint density at radius 2 is 1.31 bits per heavy atom. The first-order valence-corrected chi connectivity index (χ1v) is 32.9. The molecule has 6 heteroatoms. The first kappa shape index (κ1) is 50.8. The minimum Gasteiger partial charge on any atom is -0.333 e. The van der Waals surface area contributed by atoms with E-state index >= 15 is 0 Å². The van der Waals surface area contributed by atoms with Gasteiger partial charge in [-0.2, -0.15) is 0 Å². The molecule has 0 fully saturated rings. The van der Waals surface area contributed by atoms with Gasteiger partial charge in [-0.05, 0) is 63.7 Å². The van der Waals surface area contributed by atoms with E-state index in [1.807, 2.05) is 6.07 Å². The molecule has 11 rings (SSSR count). The third-order valence-corrected chi connectivity index (χ3v) is 18.4. The number of hydrogen-bond donors (Lipinski definition) is 0. The van der Waals surface area contributed by atoms with Gasteiger partial charge in [-0.25, -0.2) is 0 Å². The summed E-state index contributed by atoms with van der Waals surface area (Å²) in [4.78, 5) is 10.1. The fourth-order valence-corrected chi connectivity index (χ4v) is 13.7. The molecule has 1 radical (unpaired) electrons. The SMILES string of the molecule is CC(C)Cc1cc(-c2[c-]ccc3c2oc2cc(C(C)C)ccc23)nc[c]1[Ge]([CH3])([CH3])[CH3].CC(C)c1cc(-c2ccccc2)cc(C(C)C)c1-n1c(-c2[c-]cc3c(ccc4ccccc43)c2)nc2ccccc21.[Ir]. The number of imidazole rings is 1. The fourth-order valence-electron chi connectivity index (χ4n) is 10.3. The molecule has 11 aromatic rings. The Labute approximate surface area is 442 Å². The number of pyridine rings is 1. The summed E-state index contributed by atoms with van der Waals surface area (Å²) in [6, 6.07) is 61.4. The average Bonchev–Trinajstić information content (AvgIpc) is 3.94. The van der Waals surface area contributed by atoms with Crippen molar-refractivity contribution in [3.8, 4) is 39.5 Å². The molecule has 0 saturated carbocycles. The van der Waals surface area contributed by atoms with Crippen LogP contribution in [-0.2, 0) is 26.5 Å². The van der Waals surface area contributed by atoms with Crippen molar-refractivity contribution < 1.29 is 24.5 Å². The Bertz CT molecular complexity index is 3710. The van der Waals surface area contributed by atoms with Crippen LogP contribution in [0.1, 0.15) is 95.4 Å². The molecule has 0 aliphatic rings. The smallest absolute Gasteiger partial charge is 0.0774 e. The van der Waals surface area contributed by atoms with E-state index in [2.05, 4.69) is 241 Å².